The molecule has 5 rings (SSSR count). The van der Waals surface area contributed by atoms with Crippen molar-refractivity contribution in [2.75, 3.05) is 6.61 Å². The third-order valence-corrected chi connectivity index (χ3v) is 6.24. The second-order valence-corrected chi connectivity index (χ2v) is 8.63. The molecule has 0 saturated heterocycles. The Balaban J connectivity index is 1.32. The summed E-state index contributed by atoms with van der Waals surface area (Å²) in [6, 6.07) is 3.54. The van der Waals surface area contributed by atoms with Crippen molar-refractivity contribution in [2.45, 2.75) is 49.9 Å². The van der Waals surface area contributed by atoms with Crippen LogP contribution in [0.1, 0.15) is 44.3 Å². The SMILES string of the molecule is O=C(COC(=O)C12C[C@H]3C[C@@H](CC(Cl)(C3)C1)C2)NCc1ccco1. The van der Waals surface area contributed by atoms with Gasteiger partial charge in [-0.15, -0.1) is 11.6 Å². The summed E-state index contributed by atoms with van der Waals surface area (Å²) in [6.07, 6.45) is 7.20. The molecular formula is C18H22ClNO4. The Kier molecular flexibility index (Phi) is 3.87. The summed E-state index contributed by atoms with van der Waals surface area (Å²) in [5.74, 6) is 1.17. The highest BCUT2D eigenvalue weighted by Gasteiger charge is 2.60. The third-order valence-electron chi connectivity index (χ3n) is 5.80. The fourth-order valence-electron chi connectivity index (χ4n) is 5.32. The second kappa shape index (κ2) is 5.80. The van der Waals surface area contributed by atoms with Gasteiger partial charge >= 0.3 is 5.97 Å². The Morgan fingerprint density at radius 3 is 2.67 bits per heavy atom. The molecule has 24 heavy (non-hydrogen) atoms. The number of esters is 1. The lowest BCUT2D eigenvalue weighted by Crippen LogP contribution is -2.56. The van der Waals surface area contributed by atoms with Gasteiger partial charge in [-0.2, -0.15) is 0 Å². The van der Waals surface area contributed by atoms with Crippen molar-refractivity contribution >= 4 is 23.5 Å². The van der Waals surface area contributed by atoms with E-state index in [1.54, 1.807) is 18.4 Å². The van der Waals surface area contributed by atoms with Gasteiger partial charge in [-0.25, -0.2) is 0 Å². The molecule has 1 aromatic rings. The van der Waals surface area contributed by atoms with Crippen molar-refractivity contribution in [2.24, 2.45) is 17.3 Å². The van der Waals surface area contributed by atoms with Gasteiger partial charge in [0.25, 0.3) is 5.91 Å². The first-order chi connectivity index (χ1) is 11.5. The molecule has 6 heteroatoms. The fourth-order valence-corrected chi connectivity index (χ4v) is 6.02. The van der Waals surface area contributed by atoms with Gasteiger partial charge < -0.3 is 14.5 Å². The molecular weight excluding hydrogens is 330 g/mol. The van der Waals surface area contributed by atoms with E-state index in [9.17, 15) is 9.59 Å². The zero-order valence-electron chi connectivity index (χ0n) is 13.6. The lowest BCUT2D eigenvalue weighted by atomic mass is 9.49. The summed E-state index contributed by atoms with van der Waals surface area (Å²) >= 11 is 6.74. The highest BCUT2D eigenvalue weighted by atomic mass is 35.5. The first-order valence-electron chi connectivity index (χ1n) is 8.62. The summed E-state index contributed by atoms with van der Waals surface area (Å²) in [5, 5.41) is 2.69. The first kappa shape index (κ1) is 16.0. The van der Waals surface area contributed by atoms with Crippen molar-refractivity contribution in [3.8, 4) is 0 Å². The standard InChI is InChI=1S/C18H22ClNO4/c19-18-7-12-4-13(8-18)6-17(5-12,11-18)16(22)24-10-15(21)20-9-14-2-1-3-23-14/h1-3,12-13H,4-11H2,(H,20,21)/t12-,13-,17?,18?/m1/s1. The largest absolute Gasteiger partial charge is 0.467 e. The Labute approximate surface area is 146 Å². The number of ether oxygens (including phenoxy) is 1. The van der Waals surface area contributed by atoms with Gasteiger partial charge in [-0.1, -0.05) is 0 Å². The topological polar surface area (TPSA) is 68.5 Å². The number of carbonyl (C=O) groups is 2. The molecule has 4 aliphatic carbocycles. The van der Waals surface area contributed by atoms with Crippen LogP contribution in [0.25, 0.3) is 0 Å². The summed E-state index contributed by atoms with van der Waals surface area (Å²) < 4.78 is 10.5. The molecule has 1 amide bonds. The van der Waals surface area contributed by atoms with Crippen molar-refractivity contribution in [1.82, 2.24) is 5.32 Å². The zero-order valence-corrected chi connectivity index (χ0v) is 14.3. The summed E-state index contributed by atoms with van der Waals surface area (Å²) in [7, 11) is 0. The number of rotatable bonds is 5. The number of carbonyl (C=O) groups excluding carboxylic acids is 2. The molecule has 4 saturated carbocycles. The van der Waals surface area contributed by atoms with Crippen molar-refractivity contribution in [1.29, 1.82) is 0 Å². The van der Waals surface area contributed by atoms with Gasteiger partial charge in [0.15, 0.2) is 6.61 Å². The number of hydrogen-bond acceptors (Lipinski definition) is 4. The summed E-state index contributed by atoms with van der Waals surface area (Å²) in [4.78, 5) is 24.3. The molecule has 0 aliphatic heterocycles. The van der Waals surface area contributed by atoms with Crippen molar-refractivity contribution in [3.05, 3.63) is 24.2 Å². The molecule has 1 heterocycles. The average molecular weight is 352 g/mol. The monoisotopic (exact) mass is 351 g/mol. The Hall–Kier alpha value is -1.49. The van der Waals surface area contributed by atoms with Crippen LogP contribution >= 0.6 is 11.6 Å². The highest BCUT2D eigenvalue weighted by molar-refractivity contribution is 6.24. The van der Waals surface area contributed by atoms with Crippen LogP contribution in [-0.4, -0.2) is 23.4 Å². The maximum atomic E-state index is 12.7. The van der Waals surface area contributed by atoms with Crippen LogP contribution < -0.4 is 5.32 Å². The molecule has 4 bridgehead atoms. The minimum absolute atomic E-state index is 0.231. The van der Waals surface area contributed by atoms with Crippen LogP contribution in [0.4, 0.5) is 0 Å². The predicted octanol–water partition coefficient (Wildman–Crippen LogP) is 3.02. The van der Waals surface area contributed by atoms with E-state index >= 15 is 0 Å². The Bertz CT molecular complexity index is 627. The van der Waals surface area contributed by atoms with Crippen LogP contribution in [0.2, 0.25) is 0 Å². The molecule has 4 aliphatic rings. The van der Waals surface area contributed by atoms with E-state index in [-0.39, 0.29) is 23.4 Å². The first-order valence-corrected chi connectivity index (χ1v) is 8.99. The van der Waals surface area contributed by atoms with Gasteiger partial charge in [-0.05, 0) is 62.5 Å². The van der Waals surface area contributed by atoms with Gasteiger partial charge in [0.2, 0.25) is 0 Å². The molecule has 2 atom stereocenters. The lowest BCUT2D eigenvalue weighted by Gasteiger charge is -2.58. The average Bonchev–Trinajstić information content (AvgIpc) is 3.01. The Morgan fingerprint density at radius 1 is 1.29 bits per heavy atom. The Morgan fingerprint density at radius 2 is 2.04 bits per heavy atom. The summed E-state index contributed by atoms with van der Waals surface area (Å²) in [6.45, 7) is 0.0510. The molecule has 0 unspecified atom stereocenters. The van der Waals surface area contributed by atoms with Gasteiger partial charge in [0.05, 0.1) is 18.2 Å². The van der Waals surface area contributed by atoms with Crippen LogP contribution in [0.3, 0.4) is 0 Å². The lowest BCUT2D eigenvalue weighted by molar-refractivity contribution is -0.171. The van der Waals surface area contributed by atoms with E-state index < -0.39 is 5.41 Å². The minimum Gasteiger partial charge on any atom is -0.467 e. The van der Waals surface area contributed by atoms with E-state index in [0.29, 0.717) is 30.6 Å². The number of hydrogen-bond donors (Lipinski definition) is 1. The minimum atomic E-state index is -0.465. The van der Waals surface area contributed by atoms with Crippen molar-refractivity contribution < 1.29 is 18.7 Å². The fraction of sp³-hybridized carbons (Fsp3) is 0.667. The molecule has 1 N–H and O–H groups in total. The van der Waals surface area contributed by atoms with E-state index in [0.717, 1.165) is 25.7 Å². The van der Waals surface area contributed by atoms with Gasteiger partial charge in [0.1, 0.15) is 5.76 Å². The maximum absolute atomic E-state index is 12.7. The van der Waals surface area contributed by atoms with E-state index in [1.807, 2.05) is 0 Å². The second-order valence-electron chi connectivity index (χ2n) is 7.82. The van der Waals surface area contributed by atoms with Crippen molar-refractivity contribution in [3.63, 3.8) is 0 Å². The van der Waals surface area contributed by atoms with Crippen LogP contribution in [0.5, 0.6) is 0 Å². The molecule has 130 valence electrons. The van der Waals surface area contributed by atoms with Gasteiger partial charge in [0, 0.05) is 4.87 Å². The molecule has 1 aromatic heterocycles. The van der Waals surface area contributed by atoms with E-state index in [2.05, 4.69) is 5.32 Å². The number of furan rings is 1. The molecule has 5 nitrogen and oxygen atoms in total. The zero-order chi connectivity index (χ0) is 16.8. The van der Waals surface area contributed by atoms with Crippen LogP contribution in [0, 0.1) is 17.3 Å². The number of nitrogens with one attached hydrogen (secondary N) is 1. The predicted molar refractivity (Wildman–Crippen MR) is 87.2 cm³/mol. The number of amides is 1. The van der Waals surface area contributed by atoms with Crippen LogP contribution in [-0.2, 0) is 20.9 Å². The smallest absolute Gasteiger partial charge is 0.312 e. The molecule has 0 spiro atoms. The summed E-state index contributed by atoms with van der Waals surface area (Å²) in [5.41, 5.74) is -0.465. The molecule has 4 fully saturated rings. The number of alkyl halides is 1. The molecule has 0 radical (unpaired) electrons. The third kappa shape index (κ3) is 2.94. The van der Waals surface area contributed by atoms with E-state index in [4.69, 9.17) is 20.8 Å². The van der Waals surface area contributed by atoms with Crippen LogP contribution in [0.15, 0.2) is 22.8 Å². The number of halogens is 1. The molecule has 0 aromatic carbocycles. The quantitative estimate of drug-likeness (QED) is 0.654. The maximum Gasteiger partial charge on any atom is 0.312 e. The van der Waals surface area contributed by atoms with Gasteiger partial charge in [-0.3, -0.25) is 9.59 Å². The highest BCUT2D eigenvalue weighted by Crippen LogP contribution is 2.64. The van der Waals surface area contributed by atoms with E-state index in [1.165, 1.54) is 6.42 Å². The normalized spacial score (nSPS) is 36.5.